The molecule has 3 aromatic carbocycles. The van der Waals surface area contributed by atoms with Gasteiger partial charge in [-0.25, -0.2) is 0 Å². The second-order valence-corrected chi connectivity index (χ2v) is 9.35. The topological polar surface area (TPSA) is 95.5 Å². The maximum Gasteiger partial charge on any atom is 0.246 e. The van der Waals surface area contributed by atoms with Crippen molar-refractivity contribution in [2.75, 3.05) is 19.8 Å². The van der Waals surface area contributed by atoms with Gasteiger partial charge in [0, 0.05) is 0 Å². The number of aliphatic hydroxyl groups is 1. The Kier molecular flexibility index (Phi) is 11.7. The molecule has 0 aromatic heterocycles. The molecule has 4 rings (SSSR count). The van der Waals surface area contributed by atoms with Crippen LogP contribution in [-0.2, 0) is 48.3 Å². The number of terminal acetylenes is 1. The Bertz CT molecular complexity index is 1190. The number of aliphatic hydroxyl groups excluding tert-OH is 1. The number of hydrogen-bond donors (Lipinski definition) is 2. The molecule has 1 saturated heterocycles. The van der Waals surface area contributed by atoms with Crippen LogP contribution in [0.25, 0.3) is 0 Å². The summed E-state index contributed by atoms with van der Waals surface area (Å²) in [6, 6.07) is 29.1. The fourth-order valence-electron chi connectivity index (χ4n) is 4.32. The number of ether oxygens (including phenoxy) is 5. The first-order valence-electron chi connectivity index (χ1n) is 13.2. The summed E-state index contributed by atoms with van der Waals surface area (Å²) in [4.78, 5) is 12.1. The molecule has 2 N–H and O–H groups in total. The average molecular weight is 546 g/mol. The number of benzene rings is 3. The van der Waals surface area contributed by atoms with Crippen LogP contribution in [0.1, 0.15) is 16.7 Å². The van der Waals surface area contributed by atoms with E-state index in [1.807, 2.05) is 91.0 Å². The Hall–Kier alpha value is -3.55. The van der Waals surface area contributed by atoms with E-state index in [1.165, 1.54) is 0 Å². The van der Waals surface area contributed by atoms with Crippen LogP contribution in [-0.4, -0.2) is 61.5 Å². The molecule has 40 heavy (non-hydrogen) atoms. The zero-order valence-electron chi connectivity index (χ0n) is 22.3. The first-order valence-corrected chi connectivity index (χ1v) is 13.2. The monoisotopic (exact) mass is 545 g/mol. The highest BCUT2D eigenvalue weighted by Crippen LogP contribution is 2.29. The Morgan fingerprint density at radius 2 is 1.32 bits per heavy atom. The van der Waals surface area contributed by atoms with Gasteiger partial charge in [0.05, 0.1) is 33.0 Å². The first-order chi connectivity index (χ1) is 19.6. The number of amides is 1. The maximum atomic E-state index is 12.1. The van der Waals surface area contributed by atoms with Gasteiger partial charge in [0.1, 0.15) is 31.0 Å². The third-order valence-corrected chi connectivity index (χ3v) is 6.35. The molecule has 1 fully saturated rings. The molecular weight excluding hydrogens is 510 g/mol. The van der Waals surface area contributed by atoms with E-state index in [4.69, 9.17) is 30.1 Å². The van der Waals surface area contributed by atoms with Gasteiger partial charge in [-0.3, -0.25) is 4.79 Å². The summed E-state index contributed by atoms with van der Waals surface area (Å²) >= 11 is 0. The number of nitrogens with one attached hydrogen (secondary N) is 1. The molecule has 210 valence electrons. The van der Waals surface area contributed by atoms with Crippen molar-refractivity contribution in [1.29, 1.82) is 0 Å². The van der Waals surface area contributed by atoms with Gasteiger partial charge in [-0.1, -0.05) is 96.9 Å². The van der Waals surface area contributed by atoms with Gasteiger partial charge in [0.2, 0.25) is 5.91 Å². The molecule has 1 heterocycles. The normalized spacial score (nSPS) is 22.4. The Labute approximate surface area is 235 Å². The molecular formula is C32H35NO7. The second-order valence-electron chi connectivity index (χ2n) is 9.35. The third-order valence-electron chi connectivity index (χ3n) is 6.35. The summed E-state index contributed by atoms with van der Waals surface area (Å²) < 4.78 is 30.5. The van der Waals surface area contributed by atoms with Gasteiger partial charge in [0.25, 0.3) is 0 Å². The van der Waals surface area contributed by atoms with E-state index in [-0.39, 0.29) is 33.0 Å². The molecule has 0 radical (unpaired) electrons. The Morgan fingerprint density at radius 1 is 0.800 bits per heavy atom. The van der Waals surface area contributed by atoms with Crippen LogP contribution in [0.4, 0.5) is 0 Å². The molecule has 0 aliphatic carbocycles. The summed E-state index contributed by atoms with van der Waals surface area (Å²) in [5.41, 5.74) is 2.91. The summed E-state index contributed by atoms with van der Waals surface area (Å²) in [7, 11) is 0. The molecule has 1 aliphatic heterocycles. The lowest BCUT2D eigenvalue weighted by molar-refractivity contribution is -0.317. The Balaban J connectivity index is 1.51. The average Bonchev–Trinajstić information content (AvgIpc) is 3.00. The summed E-state index contributed by atoms with van der Waals surface area (Å²) in [6.07, 6.45) is 0.643. The largest absolute Gasteiger partial charge is 0.385 e. The number of carbonyl (C=O) groups is 1. The van der Waals surface area contributed by atoms with Gasteiger partial charge in [0.15, 0.2) is 6.29 Å². The van der Waals surface area contributed by atoms with Crippen molar-refractivity contribution < 1.29 is 33.6 Å². The van der Waals surface area contributed by atoms with E-state index < -0.39 is 36.6 Å². The second kappa shape index (κ2) is 15.9. The zero-order valence-corrected chi connectivity index (χ0v) is 22.3. The van der Waals surface area contributed by atoms with Gasteiger partial charge in [-0.05, 0) is 16.7 Å². The van der Waals surface area contributed by atoms with E-state index >= 15 is 0 Å². The first kappa shape index (κ1) is 29.4. The molecule has 3 aromatic rings. The van der Waals surface area contributed by atoms with E-state index in [9.17, 15) is 9.90 Å². The summed E-state index contributed by atoms with van der Waals surface area (Å²) in [5.74, 6) is 1.92. The van der Waals surface area contributed by atoms with Crippen LogP contribution < -0.4 is 5.32 Å². The lowest BCUT2D eigenvalue weighted by Crippen LogP contribution is -2.61. The van der Waals surface area contributed by atoms with Gasteiger partial charge < -0.3 is 34.1 Å². The fraction of sp³-hybridized carbons (Fsp3) is 0.344. The quantitative estimate of drug-likeness (QED) is 0.301. The van der Waals surface area contributed by atoms with Crippen LogP contribution in [0.2, 0.25) is 0 Å². The van der Waals surface area contributed by atoms with Crippen LogP contribution in [0, 0.1) is 12.3 Å². The van der Waals surface area contributed by atoms with Crippen LogP contribution in [0.5, 0.6) is 0 Å². The number of hydrogen-bond acceptors (Lipinski definition) is 7. The molecule has 5 atom stereocenters. The van der Waals surface area contributed by atoms with Crippen molar-refractivity contribution in [3.8, 4) is 12.3 Å². The minimum atomic E-state index is -1.24. The molecule has 0 unspecified atom stereocenters. The Morgan fingerprint density at radius 3 is 1.88 bits per heavy atom. The van der Waals surface area contributed by atoms with Crippen molar-refractivity contribution in [1.82, 2.24) is 5.32 Å². The zero-order chi connectivity index (χ0) is 28.0. The smallest absolute Gasteiger partial charge is 0.246 e. The fourth-order valence-corrected chi connectivity index (χ4v) is 4.32. The van der Waals surface area contributed by atoms with Crippen molar-refractivity contribution in [2.24, 2.45) is 0 Å². The van der Waals surface area contributed by atoms with E-state index in [0.29, 0.717) is 6.61 Å². The van der Waals surface area contributed by atoms with Crippen LogP contribution in [0.15, 0.2) is 91.0 Å². The van der Waals surface area contributed by atoms with Crippen LogP contribution >= 0.6 is 0 Å². The molecule has 0 spiro atoms. The van der Waals surface area contributed by atoms with Crippen molar-refractivity contribution in [3.05, 3.63) is 108 Å². The molecule has 8 nitrogen and oxygen atoms in total. The predicted octanol–water partition coefficient (Wildman–Crippen LogP) is 3.23. The standard InChI is InChI=1S/C32H35NO7/c1-2-18-33-28(34)23-39-32-29(35)31(38-21-26-16-10-5-11-17-26)30(37-20-25-14-8-4-9-15-25)27(40-32)22-36-19-24-12-6-3-7-13-24/h1,3-17,27,29-32,35H,18-23H2,(H,33,34)/t27-,29-,30-,31-,32+/m1/s1. The molecule has 8 heteroatoms. The number of carbonyl (C=O) groups excluding carboxylic acids is 1. The minimum absolute atomic E-state index is 0.0738. The summed E-state index contributed by atoms with van der Waals surface area (Å²) in [6.45, 7) is 0.759. The minimum Gasteiger partial charge on any atom is -0.385 e. The predicted molar refractivity (Wildman–Crippen MR) is 149 cm³/mol. The number of rotatable bonds is 14. The highest BCUT2D eigenvalue weighted by atomic mass is 16.7. The van der Waals surface area contributed by atoms with E-state index in [1.54, 1.807) is 0 Å². The lowest BCUT2D eigenvalue weighted by Gasteiger charge is -2.44. The van der Waals surface area contributed by atoms with Gasteiger partial charge in [-0.15, -0.1) is 6.42 Å². The van der Waals surface area contributed by atoms with Crippen molar-refractivity contribution in [3.63, 3.8) is 0 Å². The molecule has 1 aliphatic rings. The highest BCUT2D eigenvalue weighted by Gasteiger charge is 2.47. The van der Waals surface area contributed by atoms with Crippen LogP contribution in [0.3, 0.4) is 0 Å². The van der Waals surface area contributed by atoms with Crippen molar-refractivity contribution >= 4 is 5.91 Å². The highest BCUT2D eigenvalue weighted by molar-refractivity contribution is 5.77. The third kappa shape index (κ3) is 9.00. The van der Waals surface area contributed by atoms with Gasteiger partial charge in [-0.2, -0.15) is 0 Å². The lowest BCUT2D eigenvalue weighted by atomic mass is 9.98. The van der Waals surface area contributed by atoms with Crippen molar-refractivity contribution in [2.45, 2.75) is 50.5 Å². The molecule has 0 bridgehead atoms. The summed E-state index contributed by atoms with van der Waals surface area (Å²) in [5, 5.41) is 13.9. The van der Waals surface area contributed by atoms with Gasteiger partial charge >= 0.3 is 0 Å². The molecule has 0 saturated carbocycles. The maximum absolute atomic E-state index is 12.1. The van der Waals surface area contributed by atoms with E-state index in [2.05, 4.69) is 11.2 Å². The van der Waals surface area contributed by atoms with E-state index in [0.717, 1.165) is 16.7 Å². The molecule has 1 amide bonds. The SMILES string of the molecule is C#CCNC(=O)CO[C@H]1O[C@H](COCc2ccccc2)[C@@H](OCc2ccccc2)[C@H](OCc2ccccc2)[C@H]1O.